The van der Waals surface area contributed by atoms with Crippen LogP contribution in [-0.4, -0.2) is 51.0 Å². The van der Waals surface area contributed by atoms with Gasteiger partial charge in [0.2, 0.25) is 0 Å². The third-order valence-corrected chi connectivity index (χ3v) is 4.94. The van der Waals surface area contributed by atoms with E-state index in [0.29, 0.717) is 17.8 Å². The van der Waals surface area contributed by atoms with Crippen LogP contribution in [0.5, 0.6) is 0 Å². The first-order valence-electron chi connectivity index (χ1n) is 9.38. The van der Waals surface area contributed by atoms with Gasteiger partial charge >= 0.3 is 0 Å². The molecule has 0 saturated carbocycles. The van der Waals surface area contributed by atoms with E-state index in [4.69, 9.17) is 10.7 Å². The second kappa shape index (κ2) is 8.40. The van der Waals surface area contributed by atoms with Crippen molar-refractivity contribution in [1.29, 1.82) is 0 Å². The molecule has 7 heteroatoms. The molecule has 0 radical (unpaired) electrons. The Morgan fingerprint density at radius 2 is 1.96 bits per heavy atom. The predicted molar refractivity (Wildman–Crippen MR) is 104 cm³/mol. The lowest BCUT2D eigenvalue weighted by atomic mass is 10.1. The van der Waals surface area contributed by atoms with Gasteiger partial charge in [-0.15, -0.1) is 0 Å². The molecule has 1 aliphatic rings. The molecule has 3 rings (SSSR count). The first-order valence-corrected chi connectivity index (χ1v) is 9.38. The zero-order valence-electron chi connectivity index (χ0n) is 16.0. The maximum atomic E-state index is 5.77. The molecule has 0 aliphatic carbocycles. The Morgan fingerprint density at radius 3 is 2.73 bits per heavy atom. The summed E-state index contributed by atoms with van der Waals surface area (Å²) in [7, 11) is 2.15. The molecule has 3 heterocycles. The monoisotopic (exact) mass is 355 g/mol. The molecule has 0 bridgehead atoms. The fraction of sp³-hybridized carbons (Fsp3) is 0.579. The molecule has 1 fully saturated rings. The first-order chi connectivity index (χ1) is 12.5. The van der Waals surface area contributed by atoms with Crippen molar-refractivity contribution in [2.45, 2.75) is 51.6 Å². The third-order valence-electron chi connectivity index (χ3n) is 4.94. The summed E-state index contributed by atoms with van der Waals surface area (Å²) in [6, 6.07) is 4.26. The Kier molecular flexibility index (Phi) is 5.98. The van der Waals surface area contributed by atoms with E-state index in [1.165, 1.54) is 0 Å². The maximum absolute atomic E-state index is 5.77. The Hall–Kier alpha value is -2.28. The van der Waals surface area contributed by atoms with E-state index in [1.807, 2.05) is 12.3 Å². The highest BCUT2D eigenvalue weighted by atomic mass is 15.2. The van der Waals surface area contributed by atoms with Gasteiger partial charge < -0.3 is 10.6 Å². The van der Waals surface area contributed by atoms with Gasteiger partial charge in [-0.1, -0.05) is 13.8 Å². The van der Waals surface area contributed by atoms with Crippen molar-refractivity contribution in [3.8, 4) is 0 Å². The lowest BCUT2D eigenvalue weighted by molar-refractivity contribution is 0.212. The lowest BCUT2D eigenvalue weighted by Crippen LogP contribution is -2.33. The van der Waals surface area contributed by atoms with E-state index in [2.05, 4.69) is 45.6 Å². The van der Waals surface area contributed by atoms with Crippen LogP contribution in [0.1, 0.15) is 50.7 Å². The molecule has 1 atom stereocenters. The van der Waals surface area contributed by atoms with E-state index >= 15 is 0 Å². The lowest BCUT2D eigenvalue weighted by Gasteiger charge is -2.27. The normalized spacial score (nSPS) is 18.3. The van der Waals surface area contributed by atoms with Crippen LogP contribution in [0.4, 0.5) is 11.6 Å². The van der Waals surface area contributed by atoms with Crippen LogP contribution in [-0.2, 0) is 6.54 Å². The molecule has 140 valence electrons. The molecule has 2 N–H and O–H groups in total. The molecule has 0 amide bonds. The van der Waals surface area contributed by atoms with E-state index in [9.17, 15) is 0 Å². The molecule has 0 spiro atoms. The summed E-state index contributed by atoms with van der Waals surface area (Å²) in [4.78, 5) is 22.5. The van der Waals surface area contributed by atoms with Crippen molar-refractivity contribution < 1.29 is 0 Å². The van der Waals surface area contributed by atoms with Crippen LogP contribution in [0.3, 0.4) is 0 Å². The average molecular weight is 355 g/mol. The molecule has 0 unspecified atom stereocenters. The van der Waals surface area contributed by atoms with Gasteiger partial charge in [-0.3, -0.25) is 4.90 Å². The fourth-order valence-corrected chi connectivity index (χ4v) is 3.41. The van der Waals surface area contributed by atoms with Crippen LogP contribution in [0.15, 0.2) is 24.5 Å². The predicted octanol–water partition coefficient (Wildman–Crippen LogP) is 2.46. The van der Waals surface area contributed by atoms with Gasteiger partial charge in [0.1, 0.15) is 23.3 Å². The van der Waals surface area contributed by atoms with Crippen LogP contribution < -0.4 is 10.6 Å². The minimum absolute atomic E-state index is 0.346. The second-order valence-electron chi connectivity index (χ2n) is 7.31. The van der Waals surface area contributed by atoms with Crippen molar-refractivity contribution in [3.63, 3.8) is 0 Å². The van der Waals surface area contributed by atoms with Gasteiger partial charge in [0.25, 0.3) is 0 Å². The number of anilines is 2. The van der Waals surface area contributed by atoms with Crippen molar-refractivity contribution in [3.05, 3.63) is 36.2 Å². The second-order valence-corrected chi connectivity index (χ2v) is 7.31. The summed E-state index contributed by atoms with van der Waals surface area (Å²) in [6.07, 6.45) is 7.01. The van der Waals surface area contributed by atoms with Crippen LogP contribution >= 0.6 is 0 Å². The molecule has 7 nitrogen and oxygen atoms in total. The van der Waals surface area contributed by atoms with Crippen molar-refractivity contribution >= 4 is 11.6 Å². The SMILES string of the molecule is CC(C)c1nccc(N2CCC[C@@H](N(C)Cc3nccc(N)n3)CC2)n1. The standard InChI is InChI=1S/C19H29N7/c1-14(2)19-22-10-7-18(24-19)26-11-4-5-15(8-12-26)25(3)13-17-21-9-6-16(20)23-17/h6-7,9-10,14-15H,4-5,8,11-13H2,1-3H3,(H2,20,21,23)/t15-/m1/s1. The zero-order chi connectivity index (χ0) is 18.5. The quantitative estimate of drug-likeness (QED) is 0.882. The number of nitrogen functional groups attached to an aromatic ring is 1. The highest BCUT2D eigenvalue weighted by Gasteiger charge is 2.22. The molecule has 1 saturated heterocycles. The van der Waals surface area contributed by atoms with Gasteiger partial charge in [0.05, 0.1) is 6.54 Å². The molecular weight excluding hydrogens is 326 g/mol. The van der Waals surface area contributed by atoms with Crippen LogP contribution in [0.25, 0.3) is 0 Å². The van der Waals surface area contributed by atoms with Gasteiger partial charge in [-0.25, -0.2) is 19.9 Å². The zero-order valence-corrected chi connectivity index (χ0v) is 16.0. The average Bonchev–Trinajstić information content (AvgIpc) is 2.88. The Labute approximate surface area is 155 Å². The Morgan fingerprint density at radius 1 is 1.15 bits per heavy atom. The maximum Gasteiger partial charge on any atom is 0.144 e. The molecule has 0 aromatic carbocycles. The number of aromatic nitrogens is 4. The number of nitrogens with two attached hydrogens (primary N) is 1. The summed E-state index contributed by atoms with van der Waals surface area (Å²) in [5.41, 5.74) is 5.77. The van der Waals surface area contributed by atoms with Crippen molar-refractivity contribution in [2.24, 2.45) is 0 Å². The van der Waals surface area contributed by atoms with Gasteiger partial charge in [-0.2, -0.15) is 0 Å². The fourth-order valence-electron chi connectivity index (χ4n) is 3.41. The number of rotatable bonds is 5. The van der Waals surface area contributed by atoms with Gasteiger partial charge in [0.15, 0.2) is 0 Å². The highest BCUT2D eigenvalue weighted by molar-refractivity contribution is 5.38. The van der Waals surface area contributed by atoms with Crippen molar-refractivity contribution in [1.82, 2.24) is 24.8 Å². The molecule has 26 heavy (non-hydrogen) atoms. The molecular formula is C19H29N7. The molecule has 2 aromatic rings. The van der Waals surface area contributed by atoms with Crippen LogP contribution in [0, 0.1) is 0 Å². The summed E-state index contributed by atoms with van der Waals surface area (Å²) in [5.74, 6) is 3.62. The molecule has 2 aromatic heterocycles. The highest BCUT2D eigenvalue weighted by Crippen LogP contribution is 2.22. The topological polar surface area (TPSA) is 84.1 Å². The Bertz CT molecular complexity index is 719. The minimum atomic E-state index is 0.346. The van der Waals surface area contributed by atoms with Gasteiger partial charge in [0, 0.05) is 37.4 Å². The largest absolute Gasteiger partial charge is 0.384 e. The van der Waals surface area contributed by atoms with Crippen LogP contribution in [0.2, 0.25) is 0 Å². The summed E-state index contributed by atoms with van der Waals surface area (Å²) >= 11 is 0. The third kappa shape index (κ3) is 4.66. The van der Waals surface area contributed by atoms with Gasteiger partial charge in [-0.05, 0) is 38.4 Å². The Balaban J connectivity index is 1.61. The van der Waals surface area contributed by atoms with Crippen molar-refractivity contribution in [2.75, 3.05) is 30.8 Å². The molecule has 1 aliphatic heterocycles. The summed E-state index contributed by atoms with van der Waals surface area (Å²) < 4.78 is 0. The summed E-state index contributed by atoms with van der Waals surface area (Å²) in [6.45, 7) is 7.02. The van der Waals surface area contributed by atoms with E-state index in [1.54, 1.807) is 12.3 Å². The van der Waals surface area contributed by atoms with E-state index in [0.717, 1.165) is 56.4 Å². The number of hydrogen-bond acceptors (Lipinski definition) is 7. The smallest absolute Gasteiger partial charge is 0.144 e. The minimum Gasteiger partial charge on any atom is -0.384 e. The first kappa shape index (κ1) is 18.5. The van der Waals surface area contributed by atoms with E-state index in [-0.39, 0.29) is 0 Å². The number of nitrogens with zero attached hydrogens (tertiary/aromatic N) is 6. The van der Waals surface area contributed by atoms with E-state index < -0.39 is 0 Å². The number of hydrogen-bond donors (Lipinski definition) is 1. The summed E-state index contributed by atoms with van der Waals surface area (Å²) in [5, 5.41) is 0.